The fraction of sp³-hybridized carbons (Fsp3) is 0.421. The number of ether oxygens (including phenoxy) is 1. The molecule has 2 heterocycles. The Morgan fingerprint density at radius 2 is 1.74 bits per heavy atom. The summed E-state index contributed by atoms with van der Waals surface area (Å²) in [4.78, 5) is 12.9. The topological polar surface area (TPSA) is 88.8 Å². The first-order chi connectivity index (χ1) is 12.7. The van der Waals surface area contributed by atoms with E-state index in [4.69, 9.17) is 9.15 Å². The third-order valence-electron chi connectivity index (χ3n) is 4.82. The molecule has 1 saturated heterocycles. The number of hydrogen-bond donors (Lipinski definition) is 1. The Bertz CT molecular complexity index is 972. The predicted octanol–water partition coefficient (Wildman–Crippen LogP) is 2.79. The average molecular weight is 392 g/mol. The Hall–Kier alpha value is -2.16. The van der Waals surface area contributed by atoms with Gasteiger partial charge in [-0.25, -0.2) is 8.42 Å². The van der Waals surface area contributed by atoms with Gasteiger partial charge >= 0.3 is 0 Å². The minimum Gasteiger partial charge on any atom is -0.466 e. The molecule has 0 bridgehead atoms. The molecule has 7 nitrogen and oxygen atoms in total. The van der Waals surface area contributed by atoms with E-state index in [9.17, 15) is 13.2 Å². The normalized spacial score (nSPS) is 15.7. The molecule has 0 unspecified atom stereocenters. The van der Waals surface area contributed by atoms with Gasteiger partial charge in [0.15, 0.2) is 0 Å². The quantitative estimate of drug-likeness (QED) is 0.864. The van der Waals surface area contributed by atoms with Crippen LogP contribution in [0.3, 0.4) is 0 Å². The van der Waals surface area contributed by atoms with Crippen LogP contribution in [0.1, 0.15) is 33.0 Å². The highest BCUT2D eigenvalue weighted by atomic mass is 32.2. The summed E-state index contributed by atoms with van der Waals surface area (Å²) in [7, 11) is -3.64. The molecule has 1 aromatic carbocycles. The maximum atomic E-state index is 13.0. The van der Waals surface area contributed by atoms with E-state index in [-0.39, 0.29) is 10.8 Å². The third kappa shape index (κ3) is 3.78. The SMILES string of the molecule is Cc1ccc(NC(=O)c2c(C)oc(C)c2C)cc1S(=O)(=O)N1CCOCC1. The van der Waals surface area contributed by atoms with Crippen LogP contribution in [0.15, 0.2) is 27.5 Å². The molecular formula is C19H24N2O5S. The zero-order valence-electron chi connectivity index (χ0n) is 16.0. The largest absolute Gasteiger partial charge is 0.466 e. The van der Waals surface area contributed by atoms with Crippen molar-refractivity contribution in [3.05, 3.63) is 46.4 Å². The van der Waals surface area contributed by atoms with E-state index in [0.29, 0.717) is 54.6 Å². The van der Waals surface area contributed by atoms with Gasteiger partial charge in [0.2, 0.25) is 10.0 Å². The number of sulfonamides is 1. The van der Waals surface area contributed by atoms with Crippen LogP contribution in [0.5, 0.6) is 0 Å². The monoisotopic (exact) mass is 392 g/mol. The van der Waals surface area contributed by atoms with Crippen molar-refractivity contribution in [2.75, 3.05) is 31.6 Å². The number of amides is 1. The average Bonchev–Trinajstić information content (AvgIpc) is 2.89. The molecule has 146 valence electrons. The van der Waals surface area contributed by atoms with Crippen molar-refractivity contribution in [1.82, 2.24) is 4.31 Å². The maximum Gasteiger partial charge on any atom is 0.259 e. The summed E-state index contributed by atoms with van der Waals surface area (Å²) in [6, 6.07) is 4.90. The van der Waals surface area contributed by atoms with Crippen LogP contribution in [-0.2, 0) is 14.8 Å². The lowest BCUT2D eigenvalue weighted by molar-refractivity contribution is 0.0730. The minimum atomic E-state index is -3.64. The lowest BCUT2D eigenvalue weighted by Gasteiger charge is -2.26. The molecule has 3 rings (SSSR count). The van der Waals surface area contributed by atoms with E-state index in [1.54, 1.807) is 32.9 Å². The highest BCUT2D eigenvalue weighted by molar-refractivity contribution is 7.89. The lowest BCUT2D eigenvalue weighted by atomic mass is 10.1. The number of carbonyl (C=O) groups excluding carboxylic acids is 1. The van der Waals surface area contributed by atoms with Crippen molar-refractivity contribution >= 4 is 21.6 Å². The second-order valence-corrected chi connectivity index (χ2v) is 8.57. The first-order valence-corrected chi connectivity index (χ1v) is 10.2. The predicted molar refractivity (Wildman–Crippen MR) is 102 cm³/mol. The van der Waals surface area contributed by atoms with Crippen LogP contribution in [0, 0.1) is 27.7 Å². The molecule has 0 aliphatic carbocycles. The fourth-order valence-corrected chi connectivity index (χ4v) is 4.86. The van der Waals surface area contributed by atoms with Gasteiger partial charge in [0.1, 0.15) is 11.5 Å². The van der Waals surface area contributed by atoms with Gasteiger partial charge in [-0.05, 0) is 45.4 Å². The molecule has 1 fully saturated rings. The molecule has 1 aromatic heterocycles. The molecular weight excluding hydrogens is 368 g/mol. The van der Waals surface area contributed by atoms with Crippen molar-refractivity contribution < 1.29 is 22.4 Å². The zero-order chi connectivity index (χ0) is 19.8. The molecule has 1 amide bonds. The van der Waals surface area contributed by atoms with Crippen LogP contribution in [0.2, 0.25) is 0 Å². The third-order valence-corrected chi connectivity index (χ3v) is 6.86. The molecule has 2 aromatic rings. The fourth-order valence-electron chi connectivity index (χ4n) is 3.20. The molecule has 8 heteroatoms. The number of hydrogen-bond acceptors (Lipinski definition) is 5. The van der Waals surface area contributed by atoms with Crippen LogP contribution in [0.25, 0.3) is 0 Å². The van der Waals surface area contributed by atoms with Crippen molar-refractivity contribution in [2.45, 2.75) is 32.6 Å². The Labute approximate surface area is 159 Å². The van der Waals surface area contributed by atoms with E-state index < -0.39 is 10.0 Å². The van der Waals surface area contributed by atoms with Crippen LogP contribution < -0.4 is 5.32 Å². The number of nitrogens with zero attached hydrogens (tertiary/aromatic N) is 1. The summed E-state index contributed by atoms with van der Waals surface area (Å²) in [5, 5.41) is 2.79. The van der Waals surface area contributed by atoms with Crippen LogP contribution in [-0.4, -0.2) is 44.9 Å². The molecule has 27 heavy (non-hydrogen) atoms. The Kier molecular flexibility index (Phi) is 5.41. The summed E-state index contributed by atoms with van der Waals surface area (Å²) in [5.41, 5.74) is 2.31. The van der Waals surface area contributed by atoms with E-state index in [1.165, 1.54) is 10.4 Å². The number of benzene rings is 1. The molecule has 0 atom stereocenters. The highest BCUT2D eigenvalue weighted by Gasteiger charge is 2.28. The van der Waals surface area contributed by atoms with Gasteiger partial charge in [-0.1, -0.05) is 6.07 Å². The van der Waals surface area contributed by atoms with Crippen LogP contribution >= 0.6 is 0 Å². The Morgan fingerprint density at radius 1 is 1.07 bits per heavy atom. The first-order valence-electron chi connectivity index (χ1n) is 8.78. The number of anilines is 1. The van der Waals surface area contributed by atoms with Crippen molar-refractivity contribution in [3.8, 4) is 0 Å². The minimum absolute atomic E-state index is 0.194. The van der Waals surface area contributed by atoms with Gasteiger partial charge in [-0.2, -0.15) is 4.31 Å². The second kappa shape index (κ2) is 7.46. The summed E-state index contributed by atoms with van der Waals surface area (Å²) in [5.74, 6) is 0.910. The van der Waals surface area contributed by atoms with Gasteiger partial charge in [0.05, 0.1) is 23.7 Å². The van der Waals surface area contributed by atoms with Crippen molar-refractivity contribution in [1.29, 1.82) is 0 Å². The van der Waals surface area contributed by atoms with Gasteiger partial charge in [-0.15, -0.1) is 0 Å². The second-order valence-electron chi connectivity index (χ2n) is 6.67. The summed E-state index contributed by atoms with van der Waals surface area (Å²) < 4.78 is 38.1. The van der Waals surface area contributed by atoms with Gasteiger partial charge in [0.25, 0.3) is 5.91 Å². The summed E-state index contributed by atoms with van der Waals surface area (Å²) in [6.45, 7) is 8.52. The molecule has 0 saturated carbocycles. The molecule has 0 radical (unpaired) electrons. The standard InChI is InChI=1S/C19H24N2O5S/c1-12-5-6-16(20-19(22)18-13(2)14(3)26-15(18)4)11-17(12)27(23,24)21-7-9-25-10-8-21/h5-6,11H,7-10H2,1-4H3,(H,20,22). The lowest BCUT2D eigenvalue weighted by Crippen LogP contribution is -2.40. The van der Waals surface area contributed by atoms with E-state index in [2.05, 4.69) is 5.32 Å². The molecule has 1 aliphatic heterocycles. The molecule has 0 spiro atoms. The zero-order valence-corrected chi connectivity index (χ0v) is 16.8. The van der Waals surface area contributed by atoms with Gasteiger partial charge in [-0.3, -0.25) is 4.79 Å². The van der Waals surface area contributed by atoms with Crippen LogP contribution in [0.4, 0.5) is 5.69 Å². The number of carbonyl (C=O) groups is 1. The van der Waals surface area contributed by atoms with Gasteiger partial charge < -0.3 is 14.5 Å². The van der Waals surface area contributed by atoms with E-state index in [1.807, 2.05) is 6.92 Å². The Morgan fingerprint density at radius 3 is 2.33 bits per heavy atom. The maximum absolute atomic E-state index is 13.0. The molecule has 1 N–H and O–H groups in total. The summed E-state index contributed by atoms with van der Waals surface area (Å²) in [6.07, 6.45) is 0. The number of aryl methyl sites for hydroxylation is 3. The number of rotatable bonds is 4. The van der Waals surface area contributed by atoms with Crippen molar-refractivity contribution in [2.24, 2.45) is 0 Å². The van der Waals surface area contributed by atoms with Crippen molar-refractivity contribution in [3.63, 3.8) is 0 Å². The van der Waals surface area contributed by atoms with E-state index in [0.717, 1.165) is 5.56 Å². The van der Waals surface area contributed by atoms with Gasteiger partial charge in [0, 0.05) is 24.3 Å². The number of furan rings is 1. The highest BCUT2D eigenvalue weighted by Crippen LogP contribution is 2.26. The Balaban J connectivity index is 1.90. The number of morpholine rings is 1. The van der Waals surface area contributed by atoms with E-state index >= 15 is 0 Å². The molecule has 1 aliphatic rings. The number of nitrogens with one attached hydrogen (secondary N) is 1. The smallest absolute Gasteiger partial charge is 0.259 e. The first kappa shape index (κ1) is 19.6. The summed E-state index contributed by atoms with van der Waals surface area (Å²) >= 11 is 0.